The molecule has 0 saturated carbocycles. The van der Waals surface area contributed by atoms with Crippen LogP contribution in [0.15, 0.2) is 97.2 Å². The highest BCUT2D eigenvalue weighted by Gasteiger charge is 2.47. The van der Waals surface area contributed by atoms with Gasteiger partial charge in [-0.3, -0.25) is 9.59 Å². The summed E-state index contributed by atoms with van der Waals surface area (Å²) in [7, 11) is 0. The maximum absolute atomic E-state index is 13.4. The molecule has 8 unspecified atom stereocenters. The SMILES string of the molecule is CC/C=C/C=C/C=C\C=C/C=C/CCCCC(O)C(=O)NC(COC1OC(CO)C(O)C(O)C1OC(=O)CCCCCCCCC/C=C\C/C=C\CCCCC)C(O)/C=C/CCCCCCCCCCCCC. The van der Waals surface area contributed by atoms with Crippen molar-refractivity contribution in [3.05, 3.63) is 97.2 Å². The van der Waals surface area contributed by atoms with Gasteiger partial charge in [-0.25, -0.2) is 0 Å². The summed E-state index contributed by atoms with van der Waals surface area (Å²) in [5, 5.41) is 56.8. The summed E-state index contributed by atoms with van der Waals surface area (Å²) in [6, 6.07) is -1.05. The highest BCUT2D eigenvalue weighted by Crippen LogP contribution is 2.26. The van der Waals surface area contributed by atoms with E-state index >= 15 is 0 Å². The molecule has 1 aliphatic rings. The van der Waals surface area contributed by atoms with E-state index in [-0.39, 0.29) is 19.4 Å². The minimum absolute atomic E-state index is 0.104. The molecule has 1 saturated heterocycles. The van der Waals surface area contributed by atoms with E-state index in [1.165, 1.54) is 83.5 Å². The number of unbranched alkanes of at least 4 members (excludes halogenated alkanes) is 23. The molecule has 0 aliphatic carbocycles. The normalized spacial score (nSPS) is 20.1. The van der Waals surface area contributed by atoms with Crippen LogP contribution < -0.4 is 5.32 Å². The zero-order valence-corrected chi connectivity index (χ0v) is 46.0. The molecule has 1 heterocycles. The van der Waals surface area contributed by atoms with Gasteiger partial charge >= 0.3 is 5.97 Å². The van der Waals surface area contributed by atoms with Crippen LogP contribution in [-0.2, 0) is 23.8 Å². The fourth-order valence-electron chi connectivity index (χ4n) is 8.47. The largest absolute Gasteiger partial charge is 0.454 e. The highest BCUT2D eigenvalue weighted by atomic mass is 16.7. The molecule has 1 aliphatic heterocycles. The van der Waals surface area contributed by atoms with Crippen LogP contribution in [0.25, 0.3) is 0 Å². The number of amides is 1. The lowest BCUT2D eigenvalue weighted by Crippen LogP contribution is -2.61. The van der Waals surface area contributed by atoms with Crippen LogP contribution >= 0.6 is 0 Å². The van der Waals surface area contributed by atoms with Gasteiger partial charge in [-0.2, -0.15) is 0 Å². The number of esters is 1. The van der Waals surface area contributed by atoms with Gasteiger partial charge in [-0.1, -0.05) is 234 Å². The van der Waals surface area contributed by atoms with Crippen molar-refractivity contribution in [2.24, 2.45) is 0 Å². The lowest BCUT2D eigenvalue weighted by Gasteiger charge is -2.41. The van der Waals surface area contributed by atoms with Crippen LogP contribution in [0.3, 0.4) is 0 Å². The second-order valence-corrected chi connectivity index (χ2v) is 19.8. The molecular weight excluding hydrogens is 919 g/mol. The number of carbonyl (C=O) groups is 2. The van der Waals surface area contributed by atoms with E-state index in [1.54, 1.807) is 6.08 Å². The first-order valence-corrected chi connectivity index (χ1v) is 29.1. The third-order valence-electron chi connectivity index (χ3n) is 13.1. The molecule has 1 rings (SSSR count). The van der Waals surface area contributed by atoms with Crippen molar-refractivity contribution < 1.29 is 49.3 Å². The summed E-state index contributed by atoms with van der Waals surface area (Å²) in [4.78, 5) is 26.5. The van der Waals surface area contributed by atoms with Crippen molar-refractivity contribution in [2.75, 3.05) is 13.2 Å². The average molecular weight is 1020 g/mol. The van der Waals surface area contributed by atoms with E-state index in [0.29, 0.717) is 12.8 Å². The summed E-state index contributed by atoms with van der Waals surface area (Å²) in [6.07, 6.45) is 54.4. The van der Waals surface area contributed by atoms with Crippen LogP contribution in [0.4, 0.5) is 0 Å². The molecule has 0 aromatic rings. The summed E-state index contributed by atoms with van der Waals surface area (Å²) < 4.78 is 17.6. The number of ether oxygens (including phenoxy) is 3. The Balaban J connectivity index is 2.77. The Hall–Kier alpha value is -3.42. The van der Waals surface area contributed by atoms with Crippen LogP contribution in [0.1, 0.15) is 220 Å². The molecule has 73 heavy (non-hydrogen) atoms. The Morgan fingerprint density at radius 1 is 0.562 bits per heavy atom. The first-order valence-electron chi connectivity index (χ1n) is 29.1. The highest BCUT2D eigenvalue weighted by molar-refractivity contribution is 5.80. The van der Waals surface area contributed by atoms with Crippen molar-refractivity contribution in [3.8, 4) is 0 Å². The van der Waals surface area contributed by atoms with Crippen LogP contribution in [0.2, 0.25) is 0 Å². The van der Waals surface area contributed by atoms with Gasteiger partial charge in [0.05, 0.1) is 25.4 Å². The number of hydrogen-bond donors (Lipinski definition) is 6. The van der Waals surface area contributed by atoms with E-state index in [9.17, 15) is 35.1 Å². The van der Waals surface area contributed by atoms with Gasteiger partial charge in [0.2, 0.25) is 5.91 Å². The summed E-state index contributed by atoms with van der Waals surface area (Å²) in [6.45, 7) is 5.57. The lowest BCUT2D eigenvalue weighted by molar-refractivity contribution is -0.305. The number of allylic oxidation sites excluding steroid dienone is 15. The second-order valence-electron chi connectivity index (χ2n) is 19.8. The van der Waals surface area contributed by atoms with Crippen molar-refractivity contribution in [1.29, 1.82) is 0 Å². The maximum Gasteiger partial charge on any atom is 0.306 e. The molecule has 0 radical (unpaired) electrons. The van der Waals surface area contributed by atoms with E-state index in [1.807, 2.05) is 60.8 Å². The van der Waals surface area contributed by atoms with Crippen LogP contribution in [0.5, 0.6) is 0 Å². The van der Waals surface area contributed by atoms with Crippen molar-refractivity contribution in [3.63, 3.8) is 0 Å². The topological polar surface area (TPSA) is 175 Å². The van der Waals surface area contributed by atoms with E-state index in [2.05, 4.69) is 56.5 Å². The summed E-state index contributed by atoms with van der Waals surface area (Å²) in [5.41, 5.74) is 0. The van der Waals surface area contributed by atoms with Gasteiger partial charge in [0.25, 0.3) is 0 Å². The molecule has 1 fully saturated rings. The van der Waals surface area contributed by atoms with Gasteiger partial charge < -0.3 is 45.1 Å². The molecular formula is C62H105NO10. The van der Waals surface area contributed by atoms with Gasteiger partial charge in [-0.15, -0.1) is 0 Å². The van der Waals surface area contributed by atoms with Gasteiger partial charge in [0, 0.05) is 6.42 Å². The van der Waals surface area contributed by atoms with Crippen LogP contribution in [-0.4, -0.2) is 99.6 Å². The first-order chi connectivity index (χ1) is 35.7. The van der Waals surface area contributed by atoms with Crippen molar-refractivity contribution in [2.45, 2.75) is 269 Å². The minimum atomic E-state index is -1.63. The number of aliphatic hydroxyl groups excluding tert-OH is 5. The molecule has 0 aromatic heterocycles. The predicted octanol–water partition coefficient (Wildman–Crippen LogP) is 13.2. The first kappa shape index (κ1) is 67.6. The summed E-state index contributed by atoms with van der Waals surface area (Å²) >= 11 is 0. The maximum atomic E-state index is 13.4. The van der Waals surface area contributed by atoms with Gasteiger partial charge in [-0.05, 0) is 77.0 Å². The third-order valence-corrected chi connectivity index (χ3v) is 13.1. The quantitative estimate of drug-likeness (QED) is 0.0149. The smallest absolute Gasteiger partial charge is 0.306 e. The van der Waals surface area contributed by atoms with E-state index < -0.39 is 67.4 Å². The molecule has 0 spiro atoms. The number of rotatable bonds is 47. The number of carbonyl (C=O) groups excluding carboxylic acids is 2. The zero-order chi connectivity index (χ0) is 53.3. The Morgan fingerprint density at radius 3 is 1.62 bits per heavy atom. The summed E-state index contributed by atoms with van der Waals surface area (Å²) in [5.74, 6) is -1.25. The molecule has 6 N–H and O–H groups in total. The Bertz CT molecular complexity index is 1550. The fourth-order valence-corrected chi connectivity index (χ4v) is 8.47. The third kappa shape index (κ3) is 37.9. The molecule has 11 nitrogen and oxygen atoms in total. The number of nitrogens with one attached hydrogen (secondary N) is 1. The second kappa shape index (κ2) is 49.5. The molecule has 1 amide bonds. The molecule has 8 atom stereocenters. The average Bonchev–Trinajstić information content (AvgIpc) is 3.39. The zero-order valence-electron chi connectivity index (χ0n) is 46.0. The molecule has 418 valence electrons. The van der Waals surface area contributed by atoms with Gasteiger partial charge in [0.15, 0.2) is 12.4 Å². The lowest BCUT2D eigenvalue weighted by atomic mass is 9.99. The molecule has 0 bridgehead atoms. The minimum Gasteiger partial charge on any atom is -0.454 e. The monoisotopic (exact) mass is 1020 g/mol. The van der Waals surface area contributed by atoms with Crippen molar-refractivity contribution >= 4 is 11.9 Å². The number of hydrogen-bond acceptors (Lipinski definition) is 10. The van der Waals surface area contributed by atoms with Crippen LogP contribution in [0, 0.1) is 0 Å². The Morgan fingerprint density at radius 2 is 1.04 bits per heavy atom. The van der Waals surface area contributed by atoms with Crippen molar-refractivity contribution in [1.82, 2.24) is 5.32 Å². The Kier molecular flexibility index (Phi) is 45.8. The molecule has 11 heteroatoms. The predicted molar refractivity (Wildman–Crippen MR) is 301 cm³/mol. The fraction of sp³-hybridized carbons (Fsp3) is 0.710. The van der Waals surface area contributed by atoms with E-state index in [0.717, 1.165) is 89.9 Å². The van der Waals surface area contributed by atoms with Gasteiger partial charge in [0.1, 0.15) is 24.4 Å². The molecule has 0 aromatic carbocycles. The Labute approximate surface area is 444 Å². The van der Waals surface area contributed by atoms with E-state index in [4.69, 9.17) is 14.2 Å². The standard InChI is InChI=1S/C62H105NO10/c1-4-7-10-13-16-19-22-25-27-28-29-32-35-38-41-44-47-50-57(67)73-60-59(69)58(68)56(51-64)72-62(60)71-52-53(54(65)48-45-42-39-36-33-30-24-21-18-15-12-9-6-3)63-61(70)55(66)49-46-43-40-37-34-31-26-23-20-17-14-11-8-5-2/h8,11,14,16-17,19-20,23,25-27,31,34,37,45,48,53-56,58-60,62,64-66,68-69H,4-7,9-10,12-13,15,18,21-22,24,28-30,32-33,35-36,38-44,46-47,49-52H2,1-3H3,(H,63,70)/b11-8+,17-14+,19-16-,23-20-,27-25-,31-26-,37-34+,48-45+. The number of aliphatic hydroxyl groups is 5.